The fraction of sp³-hybridized carbons (Fsp3) is 0.345. The first-order valence-electron chi connectivity index (χ1n) is 12.5. The van der Waals surface area contributed by atoms with Crippen molar-refractivity contribution in [1.29, 1.82) is 0 Å². The molecule has 38 heavy (non-hydrogen) atoms. The van der Waals surface area contributed by atoms with E-state index in [1.165, 1.54) is 4.31 Å². The molecule has 0 fully saturated rings. The van der Waals surface area contributed by atoms with Crippen molar-refractivity contribution in [3.63, 3.8) is 0 Å². The van der Waals surface area contributed by atoms with E-state index in [1.54, 1.807) is 48.6 Å². The summed E-state index contributed by atoms with van der Waals surface area (Å²) >= 11 is 1.62. The third-order valence-corrected chi connectivity index (χ3v) is 8.91. The van der Waals surface area contributed by atoms with Crippen LogP contribution >= 0.6 is 11.8 Å². The van der Waals surface area contributed by atoms with Gasteiger partial charge in [0.2, 0.25) is 10.0 Å². The van der Waals surface area contributed by atoms with Gasteiger partial charge in [0.1, 0.15) is 11.8 Å². The van der Waals surface area contributed by atoms with E-state index in [0.717, 1.165) is 22.4 Å². The maximum Gasteiger partial charge on any atom is 0.261 e. The Hall–Kier alpha value is -2.85. The number of carbonyl (C=O) groups excluding carboxylic acids is 1. The number of methoxy groups -OCH3 is 1. The zero-order valence-corrected chi connectivity index (χ0v) is 23.7. The molecule has 0 aromatic heterocycles. The lowest BCUT2D eigenvalue weighted by molar-refractivity contribution is -0.133. The van der Waals surface area contributed by atoms with Crippen LogP contribution in [0.3, 0.4) is 0 Å². The quantitative estimate of drug-likeness (QED) is 0.158. The number of nitrogens with one attached hydrogen (secondary N) is 1. The summed E-state index contributed by atoms with van der Waals surface area (Å²) in [5, 5.41) is 9.41. The average Bonchev–Trinajstić information content (AvgIpc) is 2.92. The highest BCUT2D eigenvalue weighted by molar-refractivity contribution is 7.98. The van der Waals surface area contributed by atoms with Gasteiger partial charge in [-0.15, -0.1) is 0 Å². The molecule has 204 valence electrons. The van der Waals surface area contributed by atoms with E-state index in [9.17, 15) is 18.4 Å². The molecule has 0 saturated heterocycles. The van der Waals surface area contributed by atoms with Crippen LogP contribution < -0.4 is 10.2 Å². The van der Waals surface area contributed by atoms with Crippen LogP contribution in [-0.2, 0) is 26.3 Å². The smallest absolute Gasteiger partial charge is 0.261 e. The number of ether oxygens (including phenoxy) is 1. The molecule has 3 aromatic carbocycles. The van der Waals surface area contributed by atoms with Gasteiger partial charge in [0, 0.05) is 12.3 Å². The fourth-order valence-corrected chi connectivity index (χ4v) is 6.96. The minimum absolute atomic E-state index is 0.00887. The van der Waals surface area contributed by atoms with Gasteiger partial charge in [-0.3, -0.25) is 10.0 Å². The Kier molecular flexibility index (Phi) is 11.2. The van der Waals surface area contributed by atoms with Crippen LogP contribution in [0.4, 0.5) is 0 Å². The average molecular weight is 557 g/mol. The molecule has 0 unspecified atom stereocenters. The summed E-state index contributed by atoms with van der Waals surface area (Å²) in [5.41, 5.74) is 5.72. The molecular formula is C29H36N2O5S2. The molecule has 3 aromatic rings. The van der Waals surface area contributed by atoms with Crippen molar-refractivity contribution in [2.24, 2.45) is 5.92 Å². The number of hydrogen-bond acceptors (Lipinski definition) is 6. The minimum atomic E-state index is -3.85. The Morgan fingerprint density at radius 2 is 1.55 bits per heavy atom. The molecular weight excluding hydrogens is 520 g/mol. The number of hydroxylamine groups is 1. The Bertz CT molecular complexity index is 1250. The summed E-state index contributed by atoms with van der Waals surface area (Å²) < 4.78 is 33.4. The van der Waals surface area contributed by atoms with Crippen LogP contribution in [0.1, 0.15) is 31.4 Å². The summed E-state index contributed by atoms with van der Waals surface area (Å²) in [6.07, 6.45) is 0.272. The third-order valence-electron chi connectivity index (χ3n) is 6.04. The second-order valence-corrected chi connectivity index (χ2v) is 12.5. The van der Waals surface area contributed by atoms with Gasteiger partial charge in [0.05, 0.1) is 12.9 Å². The first-order valence-corrected chi connectivity index (χ1v) is 15.3. The van der Waals surface area contributed by atoms with Gasteiger partial charge in [-0.2, -0.15) is 16.1 Å². The second-order valence-electron chi connectivity index (χ2n) is 9.46. The second kappa shape index (κ2) is 14.3. The molecule has 2 N–H and O–H groups in total. The van der Waals surface area contributed by atoms with Crippen molar-refractivity contribution in [2.45, 2.75) is 37.8 Å². The van der Waals surface area contributed by atoms with Crippen LogP contribution in [0, 0.1) is 5.92 Å². The van der Waals surface area contributed by atoms with E-state index in [1.807, 2.05) is 32.0 Å². The first-order chi connectivity index (χ1) is 18.2. The van der Waals surface area contributed by atoms with Gasteiger partial charge < -0.3 is 4.74 Å². The summed E-state index contributed by atoms with van der Waals surface area (Å²) in [4.78, 5) is 12.7. The SMILES string of the molecule is COc1ccc(CS(=O)(=O)N(CC(C)C)[C@@H](CCSCc2ccc(-c3ccccc3)cc2)C(=O)NO)cc1. The Morgan fingerprint density at radius 3 is 2.13 bits per heavy atom. The van der Waals surface area contributed by atoms with Crippen LogP contribution in [-0.4, -0.2) is 49.3 Å². The summed E-state index contributed by atoms with van der Waals surface area (Å²) in [6, 6.07) is 24.3. The van der Waals surface area contributed by atoms with Crippen LogP contribution in [0.15, 0.2) is 78.9 Å². The van der Waals surface area contributed by atoms with Gasteiger partial charge >= 0.3 is 0 Å². The molecule has 0 aliphatic carbocycles. The number of rotatable bonds is 14. The number of carbonyl (C=O) groups is 1. The lowest BCUT2D eigenvalue weighted by atomic mass is 10.0. The third kappa shape index (κ3) is 8.59. The van der Waals surface area contributed by atoms with E-state index >= 15 is 0 Å². The molecule has 0 spiro atoms. The van der Waals surface area contributed by atoms with Crippen molar-refractivity contribution in [1.82, 2.24) is 9.79 Å². The molecule has 3 rings (SSSR count). The molecule has 1 atom stereocenters. The Labute approximate surface area is 230 Å². The standard InChI is InChI=1S/C29H36N2O5S2/c1-22(2)19-31(38(34,35)21-24-11-15-27(36-3)16-12-24)28(29(32)30-33)17-18-37-20-23-9-13-26(14-10-23)25-7-5-4-6-8-25/h4-16,22,28,33H,17-21H2,1-3H3,(H,30,32)/t28-/m0/s1. The summed E-state index contributed by atoms with van der Waals surface area (Å²) in [7, 11) is -2.31. The van der Waals surface area contributed by atoms with Gasteiger partial charge in [-0.05, 0) is 52.5 Å². The molecule has 1 amide bonds. The maximum atomic E-state index is 13.5. The van der Waals surface area contributed by atoms with Gasteiger partial charge in [0.25, 0.3) is 5.91 Å². The fourth-order valence-electron chi connectivity index (χ4n) is 4.10. The number of thioether (sulfide) groups is 1. The molecule has 0 radical (unpaired) electrons. The van der Waals surface area contributed by atoms with Crippen molar-refractivity contribution < 1.29 is 23.2 Å². The highest BCUT2D eigenvalue weighted by Gasteiger charge is 2.35. The molecule has 0 aliphatic heterocycles. The van der Waals surface area contributed by atoms with E-state index in [2.05, 4.69) is 36.4 Å². The normalized spacial score (nSPS) is 12.5. The zero-order chi connectivity index (χ0) is 27.5. The summed E-state index contributed by atoms with van der Waals surface area (Å²) in [6.45, 7) is 3.97. The number of nitrogens with zero attached hydrogens (tertiary/aromatic N) is 1. The highest BCUT2D eigenvalue weighted by Crippen LogP contribution is 2.24. The zero-order valence-electron chi connectivity index (χ0n) is 22.0. The van der Waals surface area contributed by atoms with Gasteiger partial charge in [-0.1, -0.05) is 80.6 Å². The van der Waals surface area contributed by atoms with Gasteiger partial charge in [0.15, 0.2) is 0 Å². The monoisotopic (exact) mass is 556 g/mol. The predicted molar refractivity (Wildman–Crippen MR) is 154 cm³/mol. The van der Waals surface area contributed by atoms with Crippen LogP contribution in [0.25, 0.3) is 11.1 Å². The molecule has 0 aliphatic rings. The topological polar surface area (TPSA) is 95.9 Å². The van der Waals surface area contributed by atoms with Crippen LogP contribution in [0.5, 0.6) is 5.75 Å². The summed E-state index contributed by atoms with van der Waals surface area (Å²) in [5.74, 6) is 0.924. The number of hydrogen-bond donors (Lipinski definition) is 2. The van der Waals surface area contributed by atoms with Crippen molar-refractivity contribution >= 4 is 27.7 Å². The van der Waals surface area contributed by atoms with E-state index < -0.39 is 22.0 Å². The lowest BCUT2D eigenvalue weighted by Crippen LogP contribution is -2.50. The minimum Gasteiger partial charge on any atom is -0.497 e. The Morgan fingerprint density at radius 1 is 0.947 bits per heavy atom. The number of benzene rings is 3. The van der Waals surface area contributed by atoms with Crippen molar-refractivity contribution in [3.8, 4) is 16.9 Å². The molecule has 7 nitrogen and oxygen atoms in total. The number of amides is 1. The predicted octanol–water partition coefficient (Wildman–Crippen LogP) is 5.35. The van der Waals surface area contributed by atoms with E-state index in [0.29, 0.717) is 17.1 Å². The number of sulfonamides is 1. The Balaban J connectivity index is 1.67. The van der Waals surface area contributed by atoms with Crippen molar-refractivity contribution in [2.75, 3.05) is 19.4 Å². The maximum absolute atomic E-state index is 13.5. The first kappa shape index (κ1) is 29.7. The lowest BCUT2D eigenvalue weighted by Gasteiger charge is -2.31. The molecule has 9 heteroatoms. The van der Waals surface area contributed by atoms with Gasteiger partial charge in [-0.25, -0.2) is 13.9 Å². The van der Waals surface area contributed by atoms with Crippen LogP contribution in [0.2, 0.25) is 0 Å². The molecule has 0 heterocycles. The highest BCUT2D eigenvalue weighted by atomic mass is 32.2. The molecule has 0 saturated carbocycles. The molecule has 0 bridgehead atoms. The largest absolute Gasteiger partial charge is 0.497 e. The van der Waals surface area contributed by atoms with Crippen molar-refractivity contribution in [3.05, 3.63) is 90.0 Å². The van der Waals surface area contributed by atoms with E-state index in [4.69, 9.17) is 4.74 Å². The van der Waals surface area contributed by atoms with E-state index in [-0.39, 0.29) is 24.6 Å².